The van der Waals surface area contributed by atoms with Crippen LogP contribution in [-0.2, 0) is 29.3 Å². The maximum atomic E-state index is 13.3. The molecule has 4 rings (SSSR count). The zero-order valence-corrected chi connectivity index (χ0v) is 20.3. The fourth-order valence-electron chi connectivity index (χ4n) is 3.58. The van der Waals surface area contributed by atoms with Crippen LogP contribution in [-0.4, -0.2) is 17.0 Å². The Morgan fingerprint density at radius 2 is 1.76 bits per heavy atom. The number of oxazole rings is 1. The van der Waals surface area contributed by atoms with Gasteiger partial charge < -0.3 is 30.3 Å². The summed E-state index contributed by atoms with van der Waals surface area (Å²) in [5.74, 6) is 0.716. The lowest BCUT2D eigenvalue weighted by molar-refractivity contribution is -0.118. The highest BCUT2D eigenvalue weighted by atomic mass is 16.5. The number of nitrogens with zero attached hydrogens (tertiary/aromatic N) is 1. The number of alkyl carbamates (subject to hydrolysis) is 1. The van der Waals surface area contributed by atoms with E-state index in [0.717, 1.165) is 11.1 Å². The normalized spacial score (nSPS) is 11.4. The topological polar surface area (TPSA) is 129 Å². The van der Waals surface area contributed by atoms with Gasteiger partial charge in [0.1, 0.15) is 36.5 Å². The van der Waals surface area contributed by atoms with Crippen molar-refractivity contribution in [3.05, 3.63) is 113 Å². The molecule has 0 fully saturated rings. The van der Waals surface area contributed by atoms with Crippen molar-refractivity contribution in [1.82, 2.24) is 10.3 Å². The molecule has 1 heterocycles. The summed E-state index contributed by atoms with van der Waals surface area (Å²) in [7, 11) is 0. The average Bonchev–Trinajstić information content (AvgIpc) is 3.34. The number of ether oxygens (including phenoxy) is 2. The SMILES string of the molecule is Cc1ocnc1COc1cccc([C@H](NC(=O)OCc2ccccc2)C(=O)Nc2cccc(CN)c2)c1. The maximum Gasteiger partial charge on any atom is 0.408 e. The molecule has 1 atom stereocenters. The van der Waals surface area contributed by atoms with E-state index in [-0.39, 0.29) is 13.2 Å². The monoisotopic (exact) mass is 500 g/mol. The molecule has 3 aromatic carbocycles. The van der Waals surface area contributed by atoms with Gasteiger partial charge in [0.2, 0.25) is 0 Å². The lowest BCUT2D eigenvalue weighted by Gasteiger charge is -2.20. The van der Waals surface area contributed by atoms with Crippen LogP contribution in [0, 0.1) is 6.92 Å². The minimum absolute atomic E-state index is 0.0692. The zero-order valence-electron chi connectivity index (χ0n) is 20.3. The van der Waals surface area contributed by atoms with E-state index in [1.54, 1.807) is 49.4 Å². The number of benzene rings is 3. The minimum Gasteiger partial charge on any atom is -0.487 e. The van der Waals surface area contributed by atoms with Crippen molar-refractivity contribution in [2.75, 3.05) is 5.32 Å². The minimum atomic E-state index is -1.05. The number of hydrogen-bond donors (Lipinski definition) is 3. The van der Waals surface area contributed by atoms with Crippen LogP contribution in [0.1, 0.15) is 34.2 Å². The van der Waals surface area contributed by atoms with Crippen LogP contribution >= 0.6 is 0 Å². The number of aryl methyl sites for hydroxylation is 1. The molecular formula is C28H28N4O5. The quantitative estimate of drug-likeness (QED) is 0.290. The molecule has 0 spiro atoms. The maximum absolute atomic E-state index is 13.3. The summed E-state index contributed by atoms with van der Waals surface area (Å²) in [6.45, 7) is 2.40. The molecule has 0 saturated carbocycles. The van der Waals surface area contributed by atoms with Crippen molar-refractivity contribution in [3.8, 4) is 5.75 Å². The van der Waals surface area contributed by atoms with Gasteiger partial charge >= 0.3 is 6.09 Å². The first-order valence-corrected chi connectivity index (χ1v) is 11.7. The Kier molecular flexibility index (Phi) is 8.51. The zero-order chi connectivity index (χ0) is 26.0. The Bertz CT molecular complexity index is 1340. The van der Waals surface area contributed by atoms with Crippen molar-refractivity contribution in [2.45, 2.75) is 32.7 Å². The molecule has 4 N–H and O–H groups in total. The van der Waals surface area contributed by atoms with E-state index < -0.39 is 18.0 Å². The van der Waals surface area contributed by atoms with Gasteiger partial charge in [0.05, 0.1) is 0 Å². The fourth-order valence-corrected chi connectivity index (χ4v) is 3.58. The number of anilines is 1. The molecule has 4 aromatic rings. The van der Waals surface area contributed by atoms with Gasteiger partial charge in [-0.15, -0.1) is 0 Å². The molecule has 2 amide bonds. The van der Waals surface area contributed by atoms with Gasteiger partial charge in [-0.1, -0.05) is 54.6 Å². The summed E-state index contributed by atoms with van der Waals surface area (Å²) >= 11 is 0. The molecule has 9 nitrogen and oxygen atoms in total. The lowest BCUT2D eigenvalue weighted by atomic mass is 10.1. The molecule has 190 valence electrons. The highest BCUT2D eigenvalue weighted by molar-refractivity contribution is 5.97. The van der Waals surface area contributed by atoms with Crippen molar-refractivity contribution < 1.29 is 23.5 Å². The third-order valence-corrected chi connectivity index (χ3v) is 5.58. The molecule has 0 aliphatic heterocycles. The number of aromatic nitrogens is 1. The van der Waals surface area contributed by atoms with E-state index >= 15 is 0 Å². The Hall–Kier alpha value is -4.63. The van der Waals surface area contributed by atoms with E-state index in [0.29, 0.717) is 35.0 Å². The standard InChI is InChI=1S/C28H28N4O5/c1-19-25(30-18-37-19)17-35-24-12-6-10-22(14-24)26(27(33)31-23-11-5-9-21(13-23)15-29)32-28(34)36-16-20-7-3-2-4-8-20/h2-14,18,26H,15-17,29H2,1H3,(H,31,33)(H,32,34)/t26-/m0/s1. The van der Waals surface area contributed by atoms with Gasteiger partial charge in [-0.2, -0.15) is 0 Å². The van der Waals surface area contributed by atoms with Gasteiger partial charge in [0, 0.05) is 12.2 Å². The summed E-state index contributed by atoms with van der Waals surface area (Å²) in [5, 5.41) is 5.53. The van der Waals surface area contributed by atoms with Crippen LogP contribution < -0.4 is 21.1 Å². The van der Waals surface area contributed by atoms with Crippen LogP contribution in [0.5, 0.6) is 5.75 Å². The second-order valence-electron chi connectivity index (χ2n) is 8.25. The Balaban J connectivity index is 1.51. The van der Waals surface area contributed by atoms with Crippen LogP contribution in [0.2, 0.25) is 0 Å². The lowest BCUT2D eigenvalue weighted by Crippen LogP contribution is -2.37. The van der Waals surface area contributed by atoms with Crippen molar-refractivity contribution in [1.29, 1.82) is 0 Å². The second kappa shape index (κ2) is 12.4. The molecule has 0 aliphatic carbocycles. The first-order valence-electron chi connectivity index (χ1n) is 11.7. The van der Waals surface area contributed by atoms with Crippen molar-refractivity contribution in [2.24, 2.45) is 5.73 Å². The van der Waals surface area contributed by atoms with Gasteiger partial charge in [-0.05, 0) is 47.9 Å². The highest BCUT2D eigenvalue weighted by Crippen LogP contribution is 2.23. The molecule has 1 aromatic heterocycles. The van der Waals surface area contributed by atoms with E-state index in [1.165, 1.54) is 6.39 Å². The summed E-state index contributed by atoms with van der Waals surface area (Å²) in [6.07, 6.45) is 0.624. The van der Waals surface area contributed by atoms with Crippen molar-refractivity contribution in [3.63, 3.8) is 0 Å². The van der Waals surface area contributed by atoms with Gasteiger partial charge in [-0.25, -0.2) is 9.78 Å². The molecule has 37 heavy (non-hydrogen) atoms. The van der Waals surface area contributed by atoms with E-state index in [2.05, 4.69) is 15.6 Å². The number of nitrogens with one attached hydrogen (secondary N) is 2. The first-order chi connectivity index (χ1) is 18.0. The Morgan fingerprint density at radius 3 is 2.51 bits per heavy atom. The van der Waals surface area contributed by atoms with Crippen LogP contribution in [0.4, 0.5) is 10.5 Å². The number of carbonyl (C=O) groups is 2. The molecular weight excluding hydrogens is 472 g/mol. The predicted octanol–water partition coefficient (Wildman–Crippen LogP) is 4.63. The third-order valence-electron chi connectivity index (χ3n) is 5.58. The van der Waals surface area contributed by atoms with Gasteiger partial charge in [-0.3, -0.25) is 4.79 Å². The summed E-state index contributed by atoms with van der Waals surface area (Å²) in [5.41, 5.74) is 9.16. The van der Waals surface area contributed by atoms with E-state index in [4.69, 9.17) is 19.6 Å². The van der Waals surface area contributed by atoms with Gasteiger partial charge in [0.25, 0.3) is 5.91 Å². The third kappa shape index (κ3) is 7.18. The fraction of sp³-hybridized carbons (Fsp3) is 0.179. The number of rotatable bonds is 10. The molecule has 0 saturated heterocycles. The van der Waals surface area contributed by atoms with E-state index in [1.807, 2.05) is 36.4 Å². The van der Waals surface area contributed by atoms with Crippen LogP contribution in [0.3, 0.4) is 0 Å². The number of nitrogens with two attached hydrogens (primary N) is 1. The molecule has 0 bridgehead atoms. The summed E-state index contributed by atoms with van der Waals surface area (Å²) in [4.78, 5) is 30.2. The largest absolute Gasteiger partial charge is 0.487 e. The van der Waals surface area contributed by atoms with Crippen molar-refractivity contribution >= 4 is 17.7 Å². The highest BCUT2D eigenvalue weighted by Gasteiger charge is 2.24. The molecule has 9 heteroatoms. The Labute approximate surface area is 214 Å². The smallest absolute Gasteiger partial charge is 0.408 e. The van der Waals surface area contributed by atoms with Gasteiger partial charge in [0.15, 0.2) is 6.39 Å². The first kappa shape index (κ1) is 25.5. The average molecular weight is 501 g/mol. The number of amides is 2. The number of hydrogen-bond acceptors (Lipinski definition) is 7. The summed E-state index contributed by atoms with van der Waals surface area (Å²) < 4.78 is 16.4. The summed E-state index contributed by atoms with van der Waals surface area (Å²) in [6, 6.07) is 22.3. The van der Waals surface area contributed by atoms with E-state index in [9.17, 15) is 9.59 Å². The second-order valence-corrected chi connectivity index (χ2v) is 8.25. The molecule has 0 aliphatic rings. The predicted molar refractivity (Wildman–Crippen MR) is 137 cm³/mol. The molecule has 0 radical (unpaired) electrons. The van der Waals surface area contributed by atoms with Crippen LogP contribution in [0.15, 0.2) is 89.7 Å². The molecule has 0 unspecified atom stereocenters. The Morgan fingerprint density at radius 1 is 0.973 bits per heavy atom. The van der Waals surface area contributed by atoms with Crippen LogP contribution in [0.25, 0.3) is 0 Å². The number of carbonyl (C=O) groups excluding carboxylic acids is 2.